The Kier molecular flexibility index (Phi) is 6.07. The van der Waals surface area contributed by atoms with Crippen LogP contribution in [0.2, 0.25) is 0 Å². The quantitative estimate of drug-likeness (QED) is 0.402. The van der Waals surface area contributed by atoms with E-state index in [1.807, 2.05) is 69.9 Å². The molecule has 4 rings (SSSR count). The third kappa shape index (κ3) is 4.93. The highest BCUT2D eigenvalue weighted by atomic mass is 32.1. The predicted molar refractivity (Wildman–Crippen MR) is 116 cm³/mol. The van der Waals surface area contributed by atoms with Crippen LogP contribution in [0.4, 0.5) is 0 Å². The maximum atomic E-state index is 13.2. The highest BCUT2D eigenvalue weighted by Crippen LogP contribution is 2.21. The highest BCUT2D eigenvalue weighted by molar-refractivity contribution is 7.10. The summed E-state index contributed by atoms with van der Waals surface area (Å²) in [5.74, 6) is 1.58. The molecule has 3 aromatic heterocycles. The first-order chi connectivity index (χ1) is 14.2. The summed E-state index contributed by atoms with van der Waals surface area (Å²) in [7, 11) is 1.93. The van der Waals surface area contributed by atoms with Gasteiger partial charge in [-0.05, 0) is 47.2 Å². The lowest BCUT2D eigenvalue weighted by molar-refractivity contribution is 0.0733. The Labute approximate surface area is 177 Å². The SMILES string of the molecule is Cn1ccnc1COc1ccc(C(=O)N(Cc2cccs2)Cc2cccs2)cc1. The molecule has 0 radical (unpaired) electrons. The van der Waals surface area contributed by atoms with Crippen molar-refractivity contribution in [2.75, 3.05) is 0 Å². The standard InChI is InChI=1S/C22H21N3O2S2/c1-24-11-10-23-21(24)16-27-18-8-6-17(7-9-18)22(26)25(14-19-4-2-12-28-19)15-20-5-3-13-29-20/h2-13H,14-16H2,1H3. The zero-order valence-electron chi connectivity index (χ0n) is 16.0. The monoisotopic (exact) mass is 423 g/mol. The van der Waals surface area contributed by atoms with Gasteiger partial charge >= 0.3 is 0 Å². The van der Waals surface area contributed by atoms with E-state index in [4.69, 9.17) is 4.74 Å². The van der Waals surface area contributed by atoms with Crippen LogP contribution >= 0.6 is 22.7 Å². The number of carbonyl (C=O) groups excluding carboxylic acids is 1. The average molecular weight is 424 g/mol. The van der Waals surface area contributed by atoms with Crippen LogP contribution in [-0.2, 0) is 26.7 Å². The number of rotatable bonds is 8. The molecular formula is C22H21N3O2S2. The first-order valence-electron chi connectivity index (χ1n) is 9.22. The number of hydrogen-bond donors (Lipinski definition) is 0. The molecule has 0 N–H and O–H groups in total. The van der Waals surface area contributed by atoms with Crippen LogP contribution in [0, 0.1) is 0 Å². The second-order valence-electron chi connectivity index (χ2n) is 6.59. The summed E-state index contributed by atoms with van der Waals surface area (Å²) < 4.78 is 7.71. The van der Waals surface area contributed by atoms with Crippen molar-refractivity contribution < 1.29 is 9.53 Å². The number of imidazole rings is 1. The smallest absolute Gasteiger partial charge is 0.254 e. The minimum Gasteiger partial charge on any atom is -0.486 e. The number of thiophene rings is 2. The molecule has 0 aliphatic rings. The number of benzene rings is 1. The molecule has 7 heteroatoms. The number of ether oxygens (including phenoxy) is 1. The van der Waals surface area contributed by atoms with Crippen molar-refractivity contribution in [3.05, 3.63) is 92.8 Å². The fourth-order valence-corrected chi connectivity index (χ4v) is 4.38. The number of aromatic nitrogens is 2. The third-order valence-electron chi connectivity index (χ3n) is 4.53. The van der Waals surface area contributed by atoms with Gasteiger partial charge in [0.2, 0.25) is 0 Å². The van der Waals surface area contributed by atoms with E-state index in [0.29, 0.717) is 31.0 Å². The number of nitrogens with zero attached hydrogens (tertiary/aromatic N) is 3. The lowest BCUT2D eigenvalue weighted by atomic mass is 10.2. The first-order valence-corrected chi connectivity index (χ1v) is 11.0. The van der Waals surface area contributed by atoms with Crippen LogP contribution in [0.3, 0.4) is 0 Å². The summed E-state index contributed by atoms with van der Waals surface area (Å²) >= 11 is 3.33. The maximum Gasteiger partial charge on any atom is 0.254 e. The van der Waals surface area contributed by atoms with E-state index in [-0.39, 0.29) is 5.91 Å². The molecule has 0 spiro atoms. The van der Waals surface area contributed by atoms with Crippen LogP contribution in [-0.4, -0.2) is 20.4 Å². The van der Waals surface area contributed by atoms with Gasteiger partial charge in [0.05, 0.1) is 13.1 Å². The van der Waals surface area contributed by atoms with Gasteiger partial charge < -0.3 is 14.2 Å². The molecule has 0 bridgehead atoms. The number of carbonyl (C=O) groups is 1. The summed E-state index contributed by atoms with van der Waals surface area (Å²) in [5.41, 5.74) is 0.655. The molecule has 29 heavy (non-hydrogen) atoms. The number of amides is 1. The van der Waals surface area contributed by atoms with Crippen LogP contribution in [0.1, 0.15) is 25.9 Å². The summed E-state index contributed by atoms with van der Waals surface area (Å²) in [6, 6.07) is 15.5. The van der Waals surface area contributed by atoms with E-state index in [2.05, 4.69) is 17.1 Å². The van der Waals surface area contributed by atoms with Gasteiger partial charge in [0, 0.05) is 34.8 Å². The Balaban J connectivity index is 1.45. The summed E-state index contributed by atoms with van der Waals surface area (Å²) in [6.07, 6.45) is 3.63. The molecule has 4 aromatic rings. The molecule has 0 saturated carbocycles. The normalized spacial score (nSPS) is 10.8. The van der Waals surface area contributed by atoms with Crippen LogP contribution in [0.5, 0.6) is 5.75 Å². The second-order valence-corrected chi connectivity index (χ2v) is 8.65. The van der Waals surface area contributed by atoms with Crippen molar-refractivity contribution in [3.8, 4) is 5.75 Å². The maximum absolute atomic E-state index is 13.2. The highest BCUT2D eigenvalue weighted by Gasteiger charge is 2.18. The molecular weight excluding hydrogens is 402 g/mol. The summed E-state index contributed by atoms with van der Waals surface area (Å²) in [4.78, 5) is 21.7. The molecule has 0 aliphatic carbocycles. The molecule has 1 amide bonds. The van der Waals surface area contributed by atoms with Gasteiger partial charge in [-0.15, -0.1) is 22.7 Å². The van der Waals surface area contributed by atoms with Gasteiger partial charge in [-0.2, -0.15) is 0 Å². The minimum atomic E-state index is 0.0162. The van der Waals surface area contributed by atoms with E-state index in [9.17, 15) is 4.79 Å². The van der Waals surface area contributed by atoms with Gasteiger partial charge in [0.25, 0.3) is 5.91 Å². The van der Waals surface area contributed by atoms with Crippen molar-refractivity contribution in [2.45, 2.75) is 19.7 Å². The second kappa shape index (κ2) is 9.07. The largest absolute Gasteiger partial charge is 0.486 e. The van der Waals surface area contributed by atoms with Crippen molar-refractivity contribution in [2.24, 2.45) is 7.05 Å². The van der Waals surface area contributed by atoms with Gasteiger partial charge in [-0.3, -0.25) is 4.79 Å². The Morgan fingerprint density at radius 2 is 1.69 bits per heavy atom. The molecule has 1 aromatic carbocycles. The summed E-state index contributed by atoms with van der Waals surface area (Å²) in [5, 5.41) is 4.08. The predicted octanol–water partition coefficient (Wildman–Crippen LogP) is 4.96. The zero-order chi connectivity index (χ0) is 20.1. The first kappa shape index (κ1) is 19.4. The van der Waals surface area contributed by atoms with Crippen molar-refractivity contribution in [1.29, 1.82) is 0 Å². The van der Waals surface area contributed by atoms with Crippen LogP contribution in [0.15, 0.2) is 71.7 Å². The fourth-order valence-electron chi connectivity index (χ4n) is 2.94. The Hall–Kier alpha value is -2.90. The molecule has 0 saturated heterocycles. The lowest BCUT2D eigenvalue weighted by Gasteiger charge is -2.22. The van der Waals surface area contributed by atoms with Crippen LogP contribution < -0.4 is 4.74 Å². The van der Waals surface area contributed by atoms with E-state index < -0.39 is 0 Å². The molecule has 0 atom stereocenters. The van der Waals surface area contributed by atoms with E-state index in [0.717, 1.165) is 5.82 Å². The zero-order valence-corrected chi connectivity index (χ0v) is 17.7. The van der Waals surface area contributed by atoms with E-state index in [1.165, 1.54) is 9.75 Å². The molecule has 0 aliphatic heterocycles. The van der Waals surface area contributed by atoms with E-state index >= 15 is 0 Å². The number of hydrogen-bond acceptors (Lipinski definition) is 5. The molecule has 3 heterocycles. The summed E-state index contributed by atoms with van der Waals surface area (Å²) in [6.45, 7) is 1.59. The molecule has 5 nitrogen and oxygen atoms in total. The van der Waals surface area contributed by atoms with Gasteiger partial charge in [-0.1, -0.05) is 12.1 Å². The van der Waals surface area contributed by atoms with Gasteiger partial charge in [-0.25, -0.2) is 4.98 Å². The molecule has 0 unspecified atom stereocenters. The fraction of sp³-hybridized carbons (Fsp3) is 0.182. The van der Waals surface area contributed by atoms with Crippen molar-refractivity contribution in [1.82, 2.24) is 14.5 Å². The van der Waals surface area contributed by atoms with Crippen molar-refractivity contribution in [3.63, 3.8) is 0 Å². The Morgan fingerprint density at radius 3 is 2.21 bits per heavy atom. The van der Waals surface area contributed by atoms with E-state index in [1.54, 1.807) is 28.9 Å². The van der Waals surface area contributed by atoms with Crippen LogP contribution in [0.25, 0.3) is 0 Å². The third-order valence-corrected chi connectivity index (χ3v) is 6.25. The molecule has 148 valence electrons. The average Bonchev–Trinajstić information content (AvgIpc) is 3.50. The van der Waals surface area contributed by atoms with Gasteiger partial charge in [0.15, 0.2) is 0 Å². The Bertz CT molecular complexity index is 1000. The molecule has 0 fully saturated rings. The Morgan fingerprint density at radius 1 is 1.03 bits per heavy atom. The topological polar surface area (TPSA) is 47.4 Å². The van der Waals surface area contributed by atoms with Crippen molar-refractivity contribution >= 4 is 28.6 Å². The van der Waals surface area contributed by atoms with Gasteiger partial charge in [0.1, 0.15) is 18.2 Å². The number of aryl methyl sites for hydroxylation is 1. The minimum absolute atomic E-state index is 0.0162. The lowest BCUT2D eigenvalue weighted by Crippen LogP contribution is -2.29.